The van der Waals surface area contributed by atoms with E-state index in [9.17, 15) is 19.1 Å². The average Bonchev–Trinajstić information content (AvgIpc) is 2.48. The Labute approximate surface area is 129 Å². The molecule has 2 amide bonds. The fourth-order valence-corrected chi connectivity index (χ4v) is 2.74. The SMILES string of the molecule is CC(=O)Nc1ccc(F)c(C(=O)N2CC(CO)CCC2C)c1. The summed E-state index contributed by atoms with van der Waals surface area (Å²) in [5.41, 5.74) is 0.331. The van der Waals surface area contributed by atoms with Crippen LogP contribution in [-0.2, 0) is 4.79 Å². The van der Waals surface area contributed by atoms with Gasteiger partial charge in [0.1, 0.15) is 5.82 Å². The lowest BCUT2D eigenvalue weighted by atomic mass is 9.93. The first-order chi connectivity index (χ1) is 10.4. The Kier molecular flexibility index (Phi) is 5.13. The number of amides is 2. The van der Waals surface area contributed by atoms with Gasteiger partial charge in [0, 0.05) is 31.8 Å². The van der Waals surface area contributed by atoms with E-state index in [1.54, 1.807) is 4.90 Å². The summed E-state index contributed by atoms with van der Waals surface area (Å²) >= 11 is 0. The Hall–Kier alpha value is -1.95. The van der Waals surface area contributed by atoms with E-state index in [0.717, 1.165) is 12.8 Å². The summed E-state index contributed by atoms with van der Waals surface area (Å²) in [6, 6.07) is 3.95. The summed E-state index contributed by atoms with van der Waals surface area (Å²) < 4.78 is 14.0. The van der Waals surface area contributed by atoms with Crippen LogP contribution >= 0.6 is 0 Å². The fourth-order valence-electron chi connectivity index (χ4n) is 2.74. The summed E-state index contributed by atoms with van der Waals surface area (Å²) in [5.74, 6) is -1.27. The molecule has 1 saturated heterocycles. The lowest BCUT2D eigenvalue weighted by Gasteiger charge is -2.37. The third-order valence-corrected chi connectivity index (χ3v) is 4.02. The lowest BCUT2D eigenvalue weighted by Crippen LogP contribution is -2.46. The van der Waals surface area contributed by atoms with Crippen molar-refractivity contribution < 1.29 is 19.1 Å². The molecule has 2 atom stereocenters. The molecule has 1 heterocycles. The molecular formula is C16H21FN2O3. The summed E-state index contributed by atoms with van der Waals surface area (Å²) in [5, 5.41) is 11.8. The predicted octanol–water partition coefficient (Wildman–Crippen LogP) is 2.02. The number of benzene rings is 1. The molecule has 1 aromatic carbocycles. The predicted molar refractivity (Wildman–Crippen MR) is 81.0 cm³/mol. The minimum Gasteiger partial charge on any atom is -0.396 e. The number of carbonyl (C=O) groups excluding carboxylic acids is 2. The fraction of sp³-hybridized carbons (Fsp3) is 0.500. The Morgan fingerprint density at radius 3 is 2.77 bits per heavy atom. The molecule has 5 nitrogen and oxygen atoms in total. The van der Waals surface area contributed by atoms with E-state index in [1.807, 2.05) is 6.92 Å². The molecule has 1 aromatic rings. The summed E-state index contributed by atoms with van der Waals surface area (Å²) in [7, 11) is 0. The number of halogens is 1. The second-order valence-electron chi connectivity index (χ2n) is 5.81. The van der Waals surface area contributed by atoms with E-state index in [2.05, 4.69) is 5.32 Å². The van der Waals surface area contributed by atoms with Crippen molar-refractivity contribution in [2.45, 2.75) is 32.7 Å². The van der Waals surface area contributed by atoms with Gasteiger partial charge in [0.15, 0.2) is 0 Å². The molecular weight excluding hydrogens is 287 g/mol. The minimum atomic E-state index is -0.613. The van der Waals surface area contributed by atoms with Crippen LogP contribution in [0.5, 0.6) is 0 Å². The first-order valence-corrected chi connectivity index (χ1v) is 7.41. The molecule has 1 fully saturated rings. The number of aliphatic hydroxyl groups excluding tert-OH is 1. The van der Waals surface area contributed by atoms with Gasteiger partial charge in [-0.1, -0.05) is 0 Å². The quantitative estimate of drug-likeness (QED) is 0.897. The molecule has 1 aliphatic heterocycles. The van der Waals surface area contributed by atoms with Gasteiger partial charge < -0.3 is 15.3 Å². The van der Waals surface area contributed by atoms with E-state index in [1.165, 1.54) is 25.1 Å². The Morgan fingerprint density at radius 1 is 1.41 bits per heavy atom. The maximum atomic E-state index is 14.0. The Bertz CT molecular complexity index is 577. The summed E-state index contributed by atoms with van der Waals surface area (Å²) in [6.45, 7) is 3.70. The molecule has 120 valence electrons. The summed E-state index contributed by atoms with van der Waals surface area (Å²) in [6.07, 6.45) is 1.64. The highest BCUT2D eigenvalue weighted by molar-refractivity contribution is 5.97. The van der Waals surface area contributed by atoms with Crippen LogP contribution in [0, 0.1) is 11.7 Å². The van der Waals surface area contributed by atoms with Gasteiger partial charge in [-0.2, -0.15) is 0 Å². The van der Waals surface area contributed by atoms with Gasteiger partial charge in [-0.05, 0) is 43.9 Å². The summed E-state index contributed by atoms with van der Waals surface area (Å²) in [4.78, 5) is 25.3. The highest BCUT2D eigenvalue weighted by atomic mass is 19.1. The van der Waals surface area contributed by atoms with Gasteiger partial charge in [0.2, 0.25) is 5.91 Å². The standard InChI is InChI=1S/C16H21FN2O3/c1-10-3-4-12(9-20)8-19(10)16(22)14-7-13(18-11(2)21)5-6-15(14)17/h5-7,10,12,20H,3-4,8-9H2,1-2H3,(H,18,21). The van der Waals surface area contributed by atoms with Crippen molar-refractivity contribution in [3.8, 4) is 0 Å². The third kappa shape index (κ3) is 3.62. The van der Waals surface area contributed by atoms with Crippen molar-refractivity contribution in [1.29, 1.82) is 0 Å². The number of nitrogens with one attached hydrogen (secondary N) is 1. The molecule has 0 saturated carbocycles. The zero-order valence-corrected chi connectivity index (χ0v) is 12.8. The molecule has 0 radical (unpaired) electrons. The number of likely N-dealkylation sites (tertiary alicyclic amines) is 1. The molecule has 0 bridgehead atoms. The largest absolute Gasteiger partial charge is 0.396 e. The Balaban J connectivity index is 2.25. The molecule has 2 N–H and O–H groups in total. The van der Waals surface area contributed by atoms with Crippen LogP contribution < -0.4 is 5.32 Å². The number of carbonyl (C=O) groups is 2. The van der Waals surface area contributed by atoms with E-state index in [0.29, 0.717) is 12.2 Å². The van der Waals surface area contributed by atoms with E-state index in [4.69, 9.17) is 0 Å². The van der Waals surface area contributed by atoms with Gasteiger partial charge in [0.25, 0.3) is 5.91 Å². The van der Waals surface area contributed by atoms with Crippen LogP contribution in [0.25, 0.3) is 0 Å². The maximum Gasteiger partial charge on any atom is 0.257 e. The zero-order valence-electron chi connectivity index (χ0n) is 12.8. The van der Waals surface area contributed by atoms with E-state index in [-0.39, 0.29) is 30.0 Å². The van der Waals surface area contributed by atoms with E-state index < -0.39 is 11.7 Å². The van der Waals surface area contributed by atoms with Crippen molar-refractivity contribution in [3.63, 3.8) is 0 Å². The lowest BCUT2D eigenvalue weighted by molar-refractivity contribution is -0.114. The zero-order chi connectivity index (χ0) is 16.3. The normalized spacial score (nSPS) is 21.5. The molecule has 0 aromatic heterocycles. The average molecular weight is 308 g/mol. The highest BCUT2D eigenvalue weighted by Crippen LogP contribution is 2.25. The minimum absolute atomic E-state index is 0.000813. The molecule has 6 heteroatoms. The van der Waals surface area contributed by atoms with Crippen molar-refractivity contribution in [3.05, 3.63) is 29.6 Å². The number of hydrogen-bond donors (Lipinski definition) is 2. The molecule has 1 aliphatic rings. The van der Waals surface area contributed by atoms with Gasteiger partial charge in [0.05, 0.1) is 5.56 Å². The molecule has 0 aliphatic carbocycles. The molecule has 22 heavy (non-hydrogen) atoms. The first kappa shape index (κ1) is 16.4. The number of nitrogens with zero attached hydrogens (tertiary/aromatic N) is 1. The maximum absolute atomic E-state index is 14.0. The Morgan fingerprint density at radius 2 is 2.14 bits per heavy atom. The molecule has 2 rings (SSSR count). The number of hydrogen-bond acceptors (Lipinski definition) is 3. The highest BCUT2D eigenvalue weighted by Gasteiger charge is 2.30. The van der Waals surface area contributed by atoms with Crippen LogP contribution in [0.15, 0.2) is 18.2 Å². The van der Waals surface area contributed by atoms with Crippen LogP contribution in [0.3, 0.4) is 0 Å². The number of piperidine rings is 1. The van der Waals surface area contributed by atoms with Crippen molar-refractivity contribution in [2.75, 3.05) is 18.5 Å². The number of anilines is 1. The van der Waals surface area contributed by atoms with E-state index >= 15 is 0 Å². The molecule has 2 unspecified atom stereocenters. The first-order valence-electron chi connectivity index (χ1n) is 7.41. The van der Waals surface area contributed by atoms with Crippen molar-refractivity contribution >= 4 is 17.5 Å². The number of aliphatic hydroxyl groups is 1. The van der Waals surface area contributed by atoms with Gasteiger partial charge in [-0.3, -0.25) is 9.59 Å². The van der Waals surface area contributed by atoms with Crippen LogP contribution in [0.4, 0.5) is 10.1 Å². The van der Waals surface area contributed by atoms with Crippen LogP contribution in [-0.4, -0.2) is 41.0 Å². The molecule has 0 spiro atoms. The third-order valence-electron chi connectivity index (χ3n) is 4.02. The number of rotatable bonds is 3. The topological polar surface area (TPSA) is 69.6 Å². The van der Waals surface area contributed by atoms with Gasteiger partial charge in [-0.15, -0.1) is 0 Å². The van der Waals surface area contributed by atoms with Crippen LogP contribution in [0.2, 0.25) is 0 Å². The second-order valence-corrected chi connectivity index (χ2v) is 5.81. The van der Waals surface area contributed by atoms with Crippen LogP contribution in [0.1, 0.15) is 37.0 Å². The smallest absolute Gasteiger partial charge is 0.257 e. The second kappa shape index (κ2) is 6.87. The van der Waals surface area contributed by atoms with Crippen molar-refractivity contribution in [1.82, 2.24) is 4.90 Å². The van der Waals surface area contributed by atoms with Crippen molar-refractivity contribution in [2.24, 2.45) is 5.92 Å². The monoisotopic (exact) mass is 308 g/mol. The van der Waals surface area contributed by atoms with Gasteiger partial charge >= 0.3 is 0 Å². The van der Waals surface area contributed by atoms with Gasteiger partial charge in [-0.25, -0.2) is 4.39 Å².